The van der Waals surface area contributed by atoms with Crippen molar-refractivity contribution in [1.29, 1.82) is 0 Å². The fourth-order valence-corrected chi connectivity index (χ4v) is 14.0. The number of fused-ring (bicyclic) bond motifs is 4. The number of amides is 1. The Bertz CT molecular complexity index is 2780. The monoisotopic (exact) mass is 1100 g/mol. The zero-order chi connectivity index (χ0) is 53.0. The van der Waals surface area contributed by atoms with Gasteiger partial charge in [0.2, 0.25) is 11.9 Å². The van der Waals surface area contributed by atoms with Crippen molar-refractivity contribution in [2.75, 3.05) is 44.4 Å². The minimum atomic E-state index is -3.92. The molecule has 0 atom stereocenters. The fraction of sp³-hybridized carbons (Fsp3) is 0.660. The molecule has 3 heterocycles. The second kappa shape index (κ2) is 23.7. The molecule has 4 aromatic rings. The number of ether oxygens (including phenoxy) is 2. The van der Waals surface area contributed by atoms with Crippen LogP contribution in [-0.4, -0.2) is 116 Å². The predicted octanol–water partition coefficient (Wildman–Crippen LogP) is 9.93. The molecule has 5 aliphatic carbocycles. The number of benzene rings is 2. The predicted molar refractivity (Wildman–Crippen MR) is 295 cm³/mol. The third-order valence-electron chi connectivity index (χ3n) is 15.4. The van der Waals surface area contributed by atoms with E-state index in [0.29, 0.717) is 43.7 Å². The highest BCUT2D eigenvalue weighted by atomic mass is 35.7. The number of H-pyrrole nitrogens is 1. The summed E-state index contributed by atoms with van der Waals surface area (Å²) in [5.74, 6) is 0.805. The summed E-state index contributed by atoms with van der Waals surface area (Å²) in [5.41, 5.74) is 12.9. The van der Waals surface area contributed by atoms with Crippen molar-refractivity contribution < 1.29 is 31.1 Å². The summed E-state index contributed by atoms with van der Waals surface area (Å²) in [4.78, 5) is 22.2. The Morgan fingerprint density at radius 3 is 1.80 bits per heavy atom. The van der Waals surface area contributed by atoms with Crippen molar-refractivity contribution in [2.24, 2.45) is 0 Å². The van der Waals surface area contributed by atoms with Crippen LogP contribution in [0.5, 0.6) is 0 Å². The van der Waals surface area contributed by atoms with E-state index in [1.165, 1.54) is 87.1 Å². The highest BCUT2D eigenvalue weighted by molar-refractivity contribution is 8.13. The molecule has 1 aliphatic heterocycles. The number of sulfonamides is 1. The van der Waals surface area contributed by atoms with Crippen molar-refractivity contribution in [3.63, 3.8) is 0 Å². The highest BCUT2D eigenvalue weighted by Gasteiger charge is 2.33. The highest BCUT2D eigenvalue weighted by Crippen LogP contribution is 2.41. The summed E-state index contributed by atoms with van der Waals surface area (Å²) >= 11 is 0. The summed E-state index contributed by atoms with van der Waals surface area (Å²) in [5, 5.41) is 16.7. The molecule has 4 N–H and O–H groups in total. The molecule has 0 unspecified atom stereocenters. The average Bonchev–Trinajstić information content (AvgIpc) is 4.22. The molecule has 2 fully saturated rings. The normalized spacial score (nSPS) is 18.1. The standard InChI is InChI=1S/C21H30ClN3O3SSi.C20H28N6O2S.C12H23NO2/c1-30(2,3)11-10-28-14-25-13-19(29(22,26)27)23-21(25)24-20-17-8-4-6-15(17)12-16-7-5-9-18(16)20;1-21-15-8-10-26(11-9-15)29(27,28)20-23-19(24-25-20)22-18-16-6-2-4-13(16)12-14-5-3-7-17(14)18;1-12(2,3)15-11(14)13(4)10-8-6-5-7-9-10/h12-13H,4-11,14H2,1-3H3,(H,23,24);12,15,21H,2-11H2,1H3,(H2,22,23,24,25);10H,5-9H2,1-4H3. The maximum absolute atomic E-state index is 13.0. The van der Waals surface area contributed by atoms with E-state index in [-0.39, 0.29) is 28.6 Å². The van der Waals surface area contributed by atoms with Gasteiger partial charge in [-0.05, 0) is 181 Å². The van der Waals surface area contributed by atoms with Gasteiger partial charge in [-0.25, -0.2) is 26.7 Å². The minimum Gasteiger partial charge on any atom is -0.444 e. The molecule has 2 aromatic carbocycles. The molecule has 1 amide bonds. The van der Waals surface area contributed by atoms with E-state index >= 15 is 0 Å². The van der Waals surface area contributed by atoms with Gasteiger partial charge in [0.25, 0.3) is 24.2 Å². The number of halogens is 1. The summed E-state index contributed by atoms with van der Waals surface area (Å²) in [7, 11) is 0.583. The third-order valence-corrected chi connectivity index (χ3v) is 20.0. The van der Waals surface area contributed by atoms with Gasteiger partial charge in [-0.2, -0.15) is 14.3 Å². The van der Waals surface area contributed by atoms with Crippen molar-refractivity contribution >= 4 is 67.2 Å². The van der Waals surface area contributed by atoms with Crippen LogP contribution in [0.4, 0.5) is 28.1 Å². The first-order chi connectivity index (χ1) is 35.1. The van der Waals surface area contributed by atoms with Crippen molar-refractivity contribution in [1.82, 2.24) is 39.3 Å². The minimum absolute atomic E-state index is 0.0767. The van der Waals surface area contributed by atoms with E-state index in [0.717, 1.165) is 107 Å². The molecule has 2 aromatic heterocycles. The lowest BCUT2D eigenvalue weighted by Gasteiger charge is -2.32. The second-order valence-electron chi connectivity index (χ2n) is 23.2. The van der Waals surface area contributed by atoms with E-state index in [1.807, 2.05) is 34.9 Å². The summed E-state index contributed by atoms with van der Waals surface area (Å²) in [6, 6.07) is 6.55. The van der Waals surface area contributed by atoms with Crippen molar-refractivity contribution in [2.45, 2.75) is 203 Å². The Balaban J connectivity index is 0.000000156. The van der Waals surface area contributed by atoms with Crippen LogP contribution in [0.15, 0.2) is 28.5 Å². The quantitative estimate of drug-likeness (QED) is 0.0528. The molecule has 17 nitrogen and oxygen atoms in total. The van der Waals surface area contributed by atoms with Gasteiger partial charge in [-0.3, -0.25) is 4.57 Å². The molecule has 0 spiro atoms. The number of imidazole rings is 1. The second-order valence-corrected chi connectivity index (χ2v) is 33.2. The molecular formula is C53H81ClN10O7S2Si. The summed E-state index contributed by atoms with van der Waals surface area (Å²) < 4.78 is 64.2. The molecule has 0 radical (unpaired) electrons. The number of anilines is 4. The molecule has 10 rings (SSSR count). The van der Waals surface area contributed by atoms with Gasteiger partial charge < -0.3 is 30.3 Å². The van der Waals surface area contributed by atoms with Crippen LogP contribution in [0.25, 0.3) is 0 Å². The van der Waals surface area contributed by atoms with Gasteiger partial charge in [0.15, 0.2) is 5.03 Å². The summed E-state index contributed by atoms with van der Waals surface area (Å²) in [6.45, 7) is 14.5. The fourth-order valence-electron chi connectivity index (χ4n) is 11.3. The Hall–Kier alpha value is -4.05. The molecule has 21 heteroatoms. The van der Waals surface area contributed by atoms with Crippen molar-refractivity contribution in [3.8, 4) is 0 Å². The van der Waals surface area contributed by atoms with Crippen LogP contribution in [0.2, 0.25) is 25.7 Å². The van der Waals surface area contributed by atoms with Gasteiger partial charge in [-0.15, -0.1) is 5.10 Å². The molecule has 1 saturated carbocycles. The molecule has 6 aliphatic rings. The smallest absolute Gasteiger partial charge is 0.410 e. The first-order valence-corrected chi connectivity index (χ1v) is 34.6. The Morgan fingerprint density at radius 2 is 1.31 bits per heavy atom. The molecule has 408 valence electrons. The Kier molecular flexibility index (Phi) is 18.0. The van der Waals surface area contributed by atoms with Gasteiger partial charge in [0.05, 0.1) is 0 Å². The molecule has 74 heavy (non-hydrogen) atoms. The van der Waals surface area contributed by atoms with E-state index < -0.39 is 27.1 Å². The summed E-state index contributed by atoms with van der Waals surface area (Å²) in [6.07, 6.45) is 22.2. The number of rotatable bonds is 14. The van der Waals surface area contributed by atoms with Crippen molar-refractivity contribution in [3.05, 3.63) is 62.8 Å². The van der Waals surface area contributed by atoms with Crippen LogP contribution < -0.4 is 16.0 Å². The van der Waals surface area contributed by atoms with Crippen LogP contribution >= 0.6 is 10.7 Å². The van der Waals surface area contributed by atoms with Gasteiger partial charge in [0.1, 0.15) is 12.3 Å². The van der Waals surface area contributed by atoms with Crippen LogP contribution in [0.3, 0.4) is 0 Å². The maximum atomic E-state index is 13.0. The van der Waals surface area contributed by atoms with Crippen LogP contribution in [-0.2, 0) is 86.6 Å². The number of nitrogens with zero attached hydrogens (tertiary/aromatic N) is 6. The number of aromatic nitrogens is 5. The van der Waals surface area contributed by atoms with Gasteiger partial charge in [0, 0.05) is 75.2 Å². The lowest BCUT2D eigenvalue weighted by molar-refractivity contribution is 0.0188. The number of carbonyl (C=O) groups excluding carboxylic acids is 1. The molecule has 0 bridgehead atoms. The number of hydrogen-bond donors (Lipinski definition) is 4. The SMILES string of the molecule is CN(C(=O)OC(C)(C)C)C1CCCCC1.CNC1CCN(S(=O)(=O)c2nc(Nc3c4c(cc5c3CCC5)CCC4)n[nH]2)CC1.C[Si](C)(C)CCOCn1cc(S(=O)(=O)Cl)nc1Nc1c2c(cc3c1CCC3)CCC2. The number of hydrogen-bond acceptors (Lipinski definition) is 13. The maximum Gasteiger partial charge on any atom is 0.410 e. The van der Waals surface area contributed by atoms with Crippen LogP contribution in [0.1, 0.15) is 136 Å². The van der Waals surface area contributed by atoms with E-state index in [4.69, 9.17) is 20.2 Å². The number of nitrogens with one attached hydrogen (secondary N) is 4. The number of carbonyl (C=O) groups is 1. The number of aromatic amines is 1. The van der Waals surface area contributed by atoms with Gasteiger partial charge in [-0.1, -0.05) is 51.0 Å². The van der Waals surface area contributed by atoms with Gasteiger partial charge >= 0.3 is 6.09 Å². The Labute approximate surface area is 445 Å². The number of aryl methyl sites for hydroxylation is 4. The lowest BCUT2D eigenvalue weighted by Crippen LogP contribution is -2.44. The lowest BCUT2D eigenvalue weighted by atomic mass is 9.95. The average molecular weight is 1100 g/mol. The van der Waals surface area contributed by atoms with E-state index in [9.17, 15) is 21.6 Å². The topological polar surface area (TPSA) is 206 Å². The first-order valence-electron chi connectivity index (χ1n) is 27.1. The van der Waals surface area contributed by atoms with E-state index in [2.05, 4.69) is 67.9 Å². The molecule has 1 saturated heterocycles. The first kappa shape index (κ1) is 56.2. The number of piperidine rings is 1. The Morgan fingerprint density at radius 1 is 0.784 bits per heavy atom. The zero-order valence-corrected chi connectivity index (χ0v) is 48.5. The van der Waals surface area contributed by atoms with Crippen LogP contribution in [0, 0.1) is 0 Å². The molecular weight excluding hydrogens is 1020 g/mol. The van der Waals surface area contributed by atoms with E-state index in [1.54, 1.807) is 9.47 Å². The zero-order valence-electron chi connectivity index (χ0n) is 45.1. The third kappa shape index (κ3) is 13.9. The largest absolute Gasteiger partial charge is 0.444 e.